The predicted octanol–water partition coefficient (Wildman–Crippen LogP) is 4.20. The Bertz CT molecular complexity index is 1090. The molecule has 0 radical (unpaired) electrons. The third-order valence-corrected chi connectivity index (χ3v) is 5.49. The van der Waals surface area contributed by atoms with E-state index in [2.05, 4.69) is 5.16 Å². The number of aryl methyl sites for hydroxylation is 1. The molecule has 2 N–H and O–H groups in total. The van der Waals surface area contributed by atoms with Crippen LogP contribution in [0.4, 0.5) is 4.39 Å². The largest absolute Gasteiger partial charge is 0.356 e. The standard InChI is InChI=1S/C21H19FN2O3/c1-12-17(4-3-5-18(12)22)21(20(25)23-26)9-8-15(11-21)14-6-7-19-16(10-14)13(2)24-27-19/h3-7,10-11,26H,8-9H2,1-2H3,(H,23,25). The Morgan fingerprint density at radius 1 is 1.30 bits per heavy atom. The van der Waals surface area contributed by atoms with Gasteiger partial charge in [-0.3, -0.25) is 10.0 Å². The van der Waals surface area contributed by atoms with Gasteiger partial charge < -0.3 is 4.52 Å². The molecule has 27 heavy (non-hydrogen) atoms. The second-order valence-corrected chi connectivity index (χ2v) is 6.97. The van der Waals surface area contributed by atoms with E-state index in [0.717, 1.165) is 22.2 Å². The predicted molar refractivity (Wildman–Crippen MR) is 98.7 cm³/mol. The van der Waals surface area contributed by atoms with Crippen LogP contribution >= 0.6 is 0 Å². The quantitative estimate of drug-likeness (QED) is 0.538. The molecular formula is C21H19FN2O3. The van der Waals surface area contributed by atoms with E-state index in [1.807, 2.05) is 31.2 Å². The van der Waals surface area contributed by atoms with Gasteiger partial charge in [0, 0.05) is 5.39 Å². The van der Waals surface area contributed by atoms with Crippen molar-refractivity contribution in [3.05, 3.63) is 70.7 Å². The molecular weight excluding hydrogens is 347 g/mol. The van der Waals surface area contributed by atoms with Crippen molar-refractivity contribution in [2.45, 2.75) is 32.1 Å². The Kier molecular flexibility index (Phi) is 4.08. The van der Waals surface area contributed by atoms with Crippen molar-refractivity contribution < 1.29 is 18.9 Å². The van der Waals surface area contributed by atoms with Gasteiger partial charge in [-0.25, -0.2) is 9.87 Å². The van der Waals surface area contributed by atoms with Crippen molar-refractivity contribution in [2.24, 2.45) is 0 Å². The van der Waals surface area contributed by atoms with Crippen molar-refractivity contribution in [3.8, 4) is 0 Å². The number of carbonyl (C=O) groups is 1. The normalized spacial score (nSPS) is 19.3. The van der Waals surface area contributed by atoms with Crippen LogP contribution in [0.15, 0.2) is 47.0 Å². The Labute approximate surface area is 155 Å². The molecule has 0 aliphatic heterocycles. The lowest BCUT2D eigenvalue weighted by Gasteiger charge is -2.27. The van der Waals surface area contributed by atoms with E-state index in [0.29, 0.717) is 29.6 Å². The van der Waals surface area contributed by atoms with Crippen LogP contribution in [0.5, 0.6) is 0 Å². The van der Waals surface area contributed by atoms with Gasteiger partial charge in [-0.05, 0) is 67.2 Å². The van der Waals surface area contributed by atoms with Crippen LogP contribution in [0, 0.1) is 19.7 Å². The van der Waals surface area contributed by atoms with Gasteiger partial charge in [-0.1, -0.05) is 29.4 Å². The minimum Gasteiger partial charge on any atom is -0.356 e. The average Bonchev–Trinajstić information content (AvgIpc) is 3.28. The maximum Gasteiger partial charge on any atom is 0.257 e. The second kappa shape index (κ2) is 6.32. The molecule has 2 aromatic carbocycles. The first-order valence-corrected chi connectivity index (χ1v) is 8.74. The first-order chi connectivity index (χ1) is 13.0. The molecule has 1 aliphatic carbocycles. The van der Waals surface area contributed by atoms with E-state index >= 15 is 0 Å². The molecule has 1 heterocycles. The van der Waals surface area contributed by atoms with E-state index in [1.165, 1.54) is 6.07 Å². The lowest BCUT2D eigenvalue weighted by Crippen LogP contribution is -2.41. The van der Waals surface area contributed by atoms with Gasteiger partial charge in [-0.15, -0.1) is 0 Å². The number of amides is 1. The van der Waals surface area contributed by atoms with Crippen LogP contribution in [0.2, 0.25) is 0 Å². The number of nitrogens with zero attached hydrogens (tertiary/aromatic N) is 1. The van der Waals surface area contributed by atoms with Crippen LogP contribution in [0.25, 0.3) is 16.5 Å². The molecule has 4 rings (SSSR count). The van der Waals surface area contributed by atoms with E-state index in [4.69, 9.17) is 4.52 Å². The summed E-state index contributed by atoms with van der Waals surface area (Å²) in [4.78, 5) is 12.6. The van der Waals surface area contributed by atoms with Crippen molar-refractivity contribution >= 4 is 22.4 Å². The minimum absolute atomic E-state index is 0.374. The third-order valence-electron chi connectivity index (χ3n) is 5.49. The molecule has 0 saturated carbocycles. The molecule has 138 valence electrons. The zero-order valence-corrected chi connectivity index (χ0v) is 15.0. The van der Waals surface area contributed by atoms with E-state index in [9.17, 15) is 14.4 Å². The summed E-state index contributed by atoms with van der Waals surface area (Å²) in [6.45, 7) is 3.52. The number of nitrogens with one attached hydrogen (secondary N) is 1. The van der Waals surface area contributed by atoms with Gasteiger partial charge in [0.2, 0.25) is 0 Å². The van der Waals surface area contributed by atoms with Gasteiger partial charge in [-0.2, -0.15) is 0 Å². The van der Waals surface area contributed by atoms with Gasteiger partial charge in [0.15, 0.2) is 5.58 Å². The summed E-state index contributed by atoms with van der Waals surface area (Å²) >= 11 is 0. The monoisotopic (exact) mass is 366 g/mol. The zero-order chi connectivity index (χ0) is 19.2. The van der Waals surface area contributed by atoms with E-state index in [1.54, 1.807) is 24.5 Å². The van der Waals surface area contributed by atoms with Gasteiger partial charge in [0.25, 0.3) is 5.91 Å². The molecule has 5 nitrogen and oxygen atoms in total. The SMILES string of the molecule is Cc1c(F)cccc1C1(C(=O)NO)C=C(c2ccc3onc(C)c3c2)CC1. The Morgan fingerprint density at radius 2 is 2.11 bits per heavy atom. The molecule has 0 fully saturated rings. The summed E-state index contributed by atoms with van der Waals surface area (Å²) in [5, 5.41) is 14.2. The summed E-state index contributed by atoms with van der Waals surface area (Å²) in [6.07, 6.45) is 2.91. The zero-order valence-electron chi connectivity index (χ0n) is 15.0. The smallest absolute Gasteiger partial charge is 0.257 e. The molecule has 1 aromatic heterocycles. The summed E-state index contributed by atoms with van der Waals surface area (Å²) in [5.41, 5.74) is 5.04. The number of fused-ring (bicyclic) bond motifs is 1. The molecule has 3 aromatic rings. The maximum absolute atomic E-state index is 14.1. The van der Waals surface area contributed by atoms with Gasteiger partial charge in [0.05, 0.1) is 11.1 Å². The average molecular weight is 366 g/mol. The summed E-state index contributed by atoms with van der Waals surface area (Å²) in [6, 6.07) is 10.4. The molecule has 1 atom stereocenters. The highest BCUT2D eigenvalue weighted by Gasteiger charge is 2.43. The van der Waals surface area contributed by atoms with Gasteiger partial charge >= 0.3 is 0 Å². The van der Waals surface area contributed by atoms with E-state index < -0.39 is 11.3 Å². The number of rotatable bonds is 3. The van der Waals surface area contributed by atoms with Crippen molar-refractivity contribution in [2.75, 3.05) is 0 Å². The number of hydrogen-bond donors (Lipinski definition) is 2. The molecule has 1 amide bonds. The van der Waals surface area contributed by atoms with Crippen LogP contribution in [0.3, 0.4) is 0 Å². The molecule has 0 bridgehead atoms. The highest BCUT2D eigenvalue weighted by molar-refractivity contribution is 5.95. The highest BCUT2D eigenvalue weighted by atomic mass is 19.1. The van der Waals surface area contributed by atoms with Crippen molar-refractivity contribution in [3.63, 3.8) is 0 Å². The number of allylic oxidation sites excluding steroid dienone is 1. The fourth-order valence-corrected chi connectivity index (χ4v) is 3.96. The van der Waals surface area contributed by atoms with Crippen LogP contribution in [-0.4, -0.2) is 16.3 Å². The number of benzene rings is 2. The van der Waals surface area contributed by atoms with Crippen molar-refractivity contribution in [1.82, 2.24) is 10.6 Å². The fourth-order valence-electron chi connectivity index (χ4n) is 3.96. The van der Waals surface area contributed by atoms with Crippen LogP contribution < -0.4 is 5.48 Å². The first kappa shape index (κ1) is 17.4. The Hall–Kier alpha value is -2.99. The second-order valence-electron chi connectivity index (χ2n) is 6.97. The lowest BCUT2D eigenvalue weighted by molar-refractivity contribution is -0.133. The topological polar surface area (TPSA) is 75.4 Å². The van der Waals surface area contributed by atoms with E-state index in [-0.39, 0.29) is 5.82 Å². The number of halogens is 1. The Morgan fingerprint density at radius 3 is 2.89 bits per heavy atom. The number of hydroxylamine groups is 1. The fraction of sp³-hybridized carbons (Fsp3) is 0.238. The Balaban J connectivity index is 1.86. The summed E-state index contributed by atoms with van der Waals surface area (Å²) in [5.74, 6) is -0.936. The third kappa shape index (κ3) is 2.64. The van der Waals surface area contributed by atoms with Crippen LogP contribution in [0.1, 0.15) is 35.2 Å². The molecule has 0 saturated heterocycles. The minimum atomic E-state index is -1.12. The van der Waals surface area contributed by atoms with Crippen molar-refractivity contribution in [1.29, 1.82) is 0 Å². The highest BCUT2D eigenvalue weighted by Crippen LogP contribution is 2.44. The molecule has 0 spiro atoms. The number of carbonyl (C=O) groups excluding carboxylic acids is 1. The van der Waals surface area contributed by atoms with Gasteiger partial charge in [0.1, 0.15) is 5.82 Å². The summed E-state index contributed by atoms with van der Waals surface area (Å²) in [7, 11) is 0. The first-order valence-electron chi connectivity index (χ1n) is 8.74. The number of aromatic nitrogens is 1. The lowest BCUT2D eigenvalue weighted by atomic mass is 9.77. The molecule has 1 unspecified atom stereocenters. The maximum atomic E-state index is 14.1. The number of hydrogen-bond acceptors (Lipinski definition) is 4. The van der Waals surface area contributed by atoms with Crippen LogP contribution in [-0.2, 0) is 10.2 Å². The summed E-state index contributed by atoms with van der Waals surface area (Å²) < 4.78 is 19.4. The molecule has 6 heteroatoms. The molecule has 1 aliphatic rings.